The number of rotatable bonds is 3. The fraction of sp³-hybridized carbons (Fsp3) is 0.292. The Hall–Kier alpha value is -3.05. The smallest absolute Gasteiger partial charge is 0.255 e. The Morgan fingerprint density at radius 3 is 2.55 bits per heavy atom. The molecule has 0 unspecified atom stereocenters. The molecule has 0 spiro atoms. The average molecular weight is 389 g/mol. The molecule has 1 amide bonds. The quantitative estimate of drug-likeness (QED) is 0.864. The van der Waals surface area contributed by atoms with Crippen LogP contribution in [0.1, 0.15) is 12.5 Å². The first-order valence-corrected chi connectivity index (χ1v) is 10.1. The maximum absolute atomic E-state index is 13.1. The molecule has 1 fully saturated rings. The summed E-state index contributed by atoms with van der Waals surface area (Å²) >= 11 is 0. The van der Waals surface area contributed by atoms with Crippen molar-refractivity contribution in [2.75, 3.05) is 38.6 Å². The van der Waals surface area contributed by atoms with E-state index in [4.69, 9.17) is 0 Å². The van der Waals surface area contributed by atoms with Crippen molar-refractivity contribution in [1.82, 2.24) is 15.1 Å². The molecule has 0 aromatic heterocycles. The van der Waals surface area contributed by atoms with Crippen LogP contribution in [0.25, 0.3) is 5.57 Å². The topological polar surface area (TPSA) is 38.8 Å². The molecule has 3 aliphatic heterocycles. The van der Waals surface area contributed by atoms with Crippen LogP contribution in [-0.4, -0.2) is 55.5 Å². The number of nitrogens with zero attached hydrogens (tertiary/aromatic N) is 3. The third-order valence-electron chi connectivity index (χ3n) is 5.47. The van der Waals surface area contributed by atoms with Crippen molar-refractivity contribution < 1.29 is 4.79 Å². The molecule has 1 N–H and O–H groups in total. The lowest BCUT2D eigenvalue weighted by Gasteiger charge is -2.36. The number of nitrogens with one attached hydrogen (secondary N) is 1. The van der Waals surface area contributed by atoms with Crippen LogP contribution in [0.15, 0.2) is 78.3 Å². The molecule has 0 aliphatic carbocycles. The van der Waals surface area contributed by atoms with Crippen LogP contribution in [0.5, 0.6) is 0 Å². The van der Waals surface area contributed by atoms with Crippen molar-refractivity contribution in [3.8, 4) is 0 Å². The van der Waals surface area contributed by atoms with Crippen LogP contribution in [0, 0.1) is 0 Å². The van der Waals surface area contributed by atoms with Crippen molar-refractivity contribution in [1.29, 1.82) is 0 Å². The zero-order chi connectivity index (χ0) is 20.4. The summed E-state index contributed by atoms with van der Waals surface area (Å²) in [6.07, 6.45) is 13.8. The molecule has 1 saturated heterocycles. The van der Waals surface area contributed by atoms with E-state index in [1.165, 1.54) is 0 Å². The van der Waals surface area contributed by atoms with Gasteiger partial charge < -0.3 is 15.1 Å². The van der Waals surface area contributed by atoms with Crippen LogP contribution in [0.4, 0.5) is 5.69 Å². The van der Waals surface area contributed by atoms with E-state index in [-0.39, 0.29) is 5.91 Å². The van der Waals surface area contributed by atoms with Gasteiger partial charge in [0.05, 0.1) is 5.70 Å². The zero-order valence-corrected chi connectivity index (χ0v) is 17.3. The summed E-state index contributed by atoms with van der Waals surface area (Å²) in [4.78, 5) is 19.3. The van der Waals surface area contributed by atoms with Crippen LogP contribution in [0.2, 0.25) is 0 Å². The molecule has 1 aromatic carbocycles. The van der Waals surface area contributed by atoms with Crippen molar-refractivity contribution >= 4 is 17.2 Å². The lowest BCUT2D eigenvalue weighted by Crippen LogP contribution is -2.48. The summed E-state index contributed by atoms with van der Waals surface area (Å²) in [5, 5.41) is 3.46. The minimum atomic E-state index is -0.0303. The molecular weight excluding hydrogens is 360 g/mol. The minimum Gasteiger partial charge on any atom is -0.378 e. The van der Waals surface area contributed by atoms with Crippen molar-refractivity contribution in [2.24, 2.45) is 0 Å². The molecule has 150 valence electrons. The third kappa shape index (κ3) is 4.20. The highest BCUT2D eigenvalue weighted by Crippen LogP contribution is 2.26. The number of carbonyl (C=O) groups is 1. The van der Waals surface area contributed by atoms with Crippen LogP contribution < -0.4 is 10.2 Å². The molecule has 29 heavy (non-hydrogen) atoms. The second kappa shape index (κ2) is 8.13. The molecule has 0 radical (unpaired) electrons. The van der Waals surface area contributed by atoms with Crippen LogP contribution in [-0.2, 0) is 4.79 Å². The number of anilines is 1. The first kappa shape index (κ1) is 19.3. The molecule has 3 heterocycles. The van der Waals surface area contributed by atoms with Gasteiger partial charge in [-0.2, -0.15) is 0 Å². The highest BCUT2D eigenvalue weighted by atomic mass is 16.2. The SMILES string of the molecule is C[C@H]1CN(C2=CN3C(=O)/C=C(c4ccc(N(C)C)cc4)\C=C\C=C3C=C2)CCN1. The maximum atomic E-state index is 13.1. The van der Waals surface area contributed by atoms with E-state index in [9.17, 15) is 4.79 Å². The Balaban J connectivity index is 1.61. The number of allylic oxidation sites excluding steroid dienone is 6. The summed E-state index contributed by atoms with van der Waals surface area (Å²) in [5.41, 5.74) is 5.05. The van der Waals surface area contributed by atoms with Crippen LogP contribution in [0.3, 0.4) is 0 Å². The number of hydrogen-bond donors (Lipinski definition) is 1. The van der Waals surface area contributed by atoms with Gasteiger partial charge in [-0.25, -0.2) is 0 Å². The van der Waals surface area contributed by atoms with E-state index >= 15 is 0 Å². The molecule has 0 saturated carbocycles. The van der Waals surface area contributed by atoms with Gasteiger partial charge in [0.1, 0.15) is 0 Å². The molecule has 1 atom stereocenters. The number of fused-ring (bicyclic) bond motifs is 1. The van der Waals surface area contributed by atoms with E-state index in [1.54, 1.807) is 11.0 Å². The third-order valence-corrected chi connectivity index (χ3v) is 5.47. The highest BCUT2D eigenvalue weighted by molar-refractivity contribution is 6.00. The summed E-state index contributed by atoms with van der Waals surface area (Å²) < 4.78 is 0. The summed E-state index contributed by atoms with van der Waals surface area (Å²) in [6.45, 7) is 5.03. The predicted molar refractivity (Wildman–Crippen MR) is 119 cm³/mol. The largest absolute Gasteiger partial charge is 0.378 e. The second-order valence-electron chi connectivity index (χ2n) is 7.89. The average Bonchev–Trinajstić information content (AvgIpc) is 2.71. The first-order chi connectivity index (χ1) is 14.0. The lowest BCUT2D eigenvalue weighted by atomic mass is 10.0. The molecule has 1 aromatic rings. The molecule has 3 aliphatic rings. The Bertz CT molecular complexity index is 934. The van der Waals surface area contributed by atoms with Gasteiger partial charge in [0.15, 0.2) is 0 Å². The first-order valence-electron chi connectivity index (χ1n) is 10.1. The number of piperazine rings is 1. The minimum absolute atomic E-state index is 0.0303. The highest BCUT2D eigenvalue weighted by Gasteiger charge is 2.23. The van der Waals surface area contributed by atoms with Gasteiger partial charge in [0, 0.05) is 63.4 Å². The normalized spacial score (nSPS) is 24.6. The van der Waals surface area contributed by atoms with E-state index in [0.717, 1.165) is 47.9 Å². The van der Waals surface area contributed by atoms with Gasteiger partial charge in [-0.05, 0) is 48.4 Å². The monoisotopic (exact) mass is 388 g/mol. The van der Waals surface area contributed by atoms with Crippen molar-refractivity contribution in [2.45, 2.75) is 13.0 Å². The summed E-state index contributed by atoms with van der Waals surface area (Å²) in [6, 6.07) is 8.70. The lowest BCUT2D eigenvalue weighted by molar-refractivity contribution is -0.122. The second-order valence-corrected chi connectivity index (χ2v) is 7.89. The zero-order valence-electron chi connectivity index (χ0n) is 17.3. The van der Waals surface area contributed by atoms with E-state index < -0.39 is 0 Å². The van der Waals surface area contributed by atoms with Crippen LogP contribution >= 0.6 is 0 Å². The maximum Gasteiger partial charge on any atom is 0.255 e. The number of carbonyl (C=O) groups excluding carboxylic acids is 1. The Morgan fingerprint density at radius 1 is 1.07 bits per heavy atom. The number of amides is 1. The molecule has 5 nitrogen and oxygen atoms in total. The van der Waals surface area contributed by atoms with Gasteiger partial charge in [-0.1, -0.05) is 24.3 Å². The van der Waals surface area contributed by atoms with Gasteiger partial charge in [0.25, 0.3) is 5.91 Å². The van der Waals surface area contributed by atoms with Gasteiger partial charge >= 0.3 is 0 Å². The molecule has 4 rings (SSSR count). The van der Waals surface area contributed by atoms with E-state index in [1.807, 2.05) is 44.6 Å². The Kier molecular flexibility index (Phi) is 5.41. The standard InChI is InChI=1S/C24H28N4O/c1-18-16-27(14-13-25-18)23-12-11-22-6-4-5-20(15-24(29)28(22)17-23)19-7-9-21(10-8-19)26(2)3/h4-12,15,17-18,25H,13-14,16H2,1-3H3/b5-4+,20-15+,22-6?/t18-/m0/s1. The summed E-state index contributed by atoms with van der Waals surface area (Å²) in [7, 11) is 4.04. The van der Waals surface area contributed by atoms with Crippen molar-refractivity contribution in [3.63, 3.8) is 0 Å². The van der Waals surface area contributed by atoms with Gasteiger partial charge in [-0.3, -0.25) is 9.69 Å². The van der Waals surface area contributed by atoms with Crippen molar-refractivity contribution in [3.05, 3.63) is 83.9 Å². The molecular formula is C24H28N4O. The van der Waals surface area contributed by atoms with E-state index in [0.29, 0.717) is 6.04 Å². The molecule has 5 heteroatoms. The fourth-order valence-electron chi connectivity index (χ4n) is 3.81. The summed E-state index contributed by atoms with van der Waals surface area (Å²) in [5.74, 6) is -0.0303. The number of hydrogen-bond acceptors (Lipinski definition) is 4. The van der Waals surface area contributed by atoms with Gasteiger partial charge in [0.2, 0.25) is 0 Å². The molecule has 0 bridgehead atoms. The van der Waals surface area contributed by atoms with Gasteiger partial charge in [-0.15, -0.1) is 0 Å². The fourth-order valence-corrected chi connectivity index (χ4v) is 3.81. The van der Waals surface area contributed by atoms with E-state index in [2.05, 4.69) is 52.4 Å². The Labute approximate surface area is 173 Å². The Morgan fingerprint density at radius 2 is 1.83 bits per heavy atom. The predicted octanol–water partition coefficient (Wildman–Crippen LogP) is 3.12. The number of benzene rings is 1.